The highest BCUT2D eigenvalue weighted by Gasteiger charge is 2.44. The van der Waals surface area contributed by atoms with Crippen molar-refractivity contribution < 1.29 is 5.11 Å². The average Bonchev–Trinajstić information content (AvgIpc) is 2.69. The number of aliphatic hydroxyl groups is 1. The maximum atomic E-state index is 10.4. The lowest BCUT2D eigenvalue weighted by molar-refractivity contribution is 0.0401. The summed E-state index contributed by atoms with van der Waals surface area (Å²) < 4.78 is 0. The molecule has 3 unspecified atom stereocenters. The van der Waals surface area contributed by atoms with Crippen LogP contribution in [0.2, 0.25) is 0 Å². The summed E-state index contributed by atoms with van der Waals surface area (Å²) in [6.45, 7) is 3.94. The maximum absolute atomic E-state index is 10.4. The smallest absolute Gasteiger partial charge is 0.0678 e. The summed E-state index contributed by atoms with van der Waals surface area (Å²) in [7, 11) is 0. The molecule has 3 atom stereocenters. The molecule has 94 valence electrons. The van der Waals surface area contributed by atoms with Gasteiger partial charge in [0.2, 0.25) is 0 Å². The molecule has 0 saturated heterocycles. The SMILES string of the molecule is CC1=NN=C2CC(C)(O)CC(c3ccccc3)C12. The van der Waals surface area contributed by atoms with Crippen molar-refractivity contribution in [2.45, 2.75) is 38.2 Å². The lowest BCUT2D eigenvalue weighted by Crippen LogP contribution is -2.42. The summed E-state index contributed by atoms with van der Waals surface area (Å²) in [6, 6.07) is 10.4. The Morgan fingerprint density at radius 1 is 1.22 bits per heavy atom. The first-order chi connectivity index (χ1) is 8.57. The largest absolute Gasteiger partial charge is 0.390 e. The molecule has 1 saturated carbocycles. The van der Waals surface area contributed by atoms with E-state index in [-0.39, 0.29) is 5.92 Å². The summed E-state index contributed by atoms with van der Waals surface area (Å²) in [5.74, 6) is 0.576. The van der Waals surface area contributed by atoms with Crippen LogP contribution in [0.4, 0.5) is 0 Å². The molecule has 1 aliphatic heterocycles. The number of benzene rings is 1. The molecule has 1 aromatic rings. The van der Waals surface area contributed by atoms with Gasteiger partial charge in [-0.2, -0.15) is 10.2 Å². The zero-order chi connectivity index (χ0) is 12.8. The molecule has 3 heteroatoms. The van der Waals surface area contributed by atoms with Gasteiger partial charge < -0.3 is 5.11 Å². The maximum Gasteiger partial charge on any atom is 0.0678 e. The molecule has 3 rings (SSSR count). The monoisotopic (exact) mass is 242 g/mol. The fourth-order valence-corrected chi connectivity index (χ4v) is 3.24. The second kappa shape index (κ2) is 4.02. The van der Waals surface area contributed by atoms with Crippen LogP contribution in [-0.4, -0.2) is 22.1 Å². The van der Waals surface area contributed by atoms with Crippen LogP contribution in [0.1, 0.15) is 38.2 Å². The van der Waals surface area contributed by atoms with Crippen LogP contribution in [0.5, 0.6) is 0 Å². The molecule has 2 aliphatic rings. The number of hydrogen-bond donors (Lipinski definition) is 1. The average molecular weight is 242 g/mol. The van der Waals surface area contributed by atoms with Gasteiger partial charge in [0.15, 0.2) is 0 Å². The number of hydrogen-bond acceptors (Lipinski definition) is 3. The highest BCUT2D eigenvalue weighted by molar-refractivity contribution is 6.11. The third kappa shape index (κ3) is 1.89. The van der Waals surface area contributed by atoms with Gasteiger partial charge in [0.25, 0.3) is 0 Å². The van der Waals surface area contributed by atoms with Crippen molar-refractivity contribution in [2.24, 2.45) is 16.1 Å². The van der Waals surface area contributed by atoms with E-state index in [9.17, 15) is 5.11 Å². The van der Waals surface area contributed by atoms with Crippen LogP contribution < -0.4 is 0 Å². The molecule has 1 aliphatic carbocycles. The number of rotatable bonds is 1. The molecule has 3 nitrogen and oxygen atoms in total. The quantitative estimate of drug-likeness (QED) is 0.808. The Morgan fingerprint density at radius 3 is 2.67 bits per heavy atom. The van der Waals surface area contributed by atoms with E-state index in [1.165, 1.54) is 5.56 Å². The normalized spacial score (nSPS) is 34.8. The Kier molecular flexibility index (Phi) is 2.59. The van der Waals surface area contributed by atoms with Gasteiger partial charge in [-0.3, -0.25) is 0 Å². The third-order valence-electron chi connectivity index (χ3n) is 4.00. The van der Waals surface area contributed by atoms with Crippen molar-refractivity contribution in [1.29, 1.82) is 0 Å². The number of nitrogens with zero attached hydrogens (tertiary/aromatic N) is 2. The Hall–Kier alpha value is -1.48. The van der Waals surface area contributed by atoms with Crippen molar-refractivity contribution in [2.75, 3.05) is 0 Å². The Morgan fingerprint density at radius 2 is 1.94 bits per heavy atom. The van der Waals surface area contributed by atoms with Crippen LogP contribution in [0.25, 0.3) is 0 Å². The van der Waals surface area contributed by atoms with E-state index in [1.807, 2.05) is 19.9 Å². The standard InChI is InChI=1S/C15H18N2O/c1-10-14-12(11-6-4-3-5-7-11)8-15(2,18)9-13(14)17-16-10/h3-7,12,14,18H,8-9H2,1-2H3. The molecule has 1 fully saturated rings. The van der Waals surface area contributed by atoms with Crippen LogP contribution in [0.15, 0.2) is 40.5 Å². The topological polar surface area (TPSA) is 45.0 Å². The van der Waals surface area contributed by atoms with Gasteiger partial charge >= 0.3 is 0 Å². The summed E-state index contributed by atoms with van der Waals surface area (Å²) >= 11 is 0. The van der Waals surface area contributed by atoms with Gasteiger partial charge in [-0.1, -0.05) is 30.3 Å². The van der Waals surface area contributed by atoms with Crippen molar-refractivity contribution >= 4 is 11.4 Å². The zero-order valence-corrected chi connectivity index (χ0v) is 10.8. The van der Waals surface area contributed by atoms with E-state index >= 15 is 0 Å². The molecule has 0 bridgehead atoms. The first-order valence-corrected chi connectivity index (χ1v) is 6.45. The first kappa shape index (κ1) is 11.6. The van der Waals surface area contributed by atoms with E-state index < -0.39 is 5.60 Å². The molecule has 1 N–H and O–H groups in total. The van der Waals surface area contributed by atoms with Gasteiger partial charge in [0.05, 0.1) is 11.3 Å². The van der Waals surface area contributed by atoms with Gasteiger partial charge in [-0.15, -0.1) is 0 Å². The minimum absolute atomic E-state index is 0.285. The number of fused-ring (bicyclic) bond motifs is 1. The predicted octanol–water partition coefficient (Wildman–Crippen LogP) is 2.76. The molecule has 0 spiro atoms. The van der Waals surface area contributed by atoms with E-state index in [0.717, 1.165) is 17.8 Å². The fourth-order valence-electron chi connectivity index (χ4n) is 3.24. The van der Waals surface area contributed by atoms with E-state index in [2.05, 4.69) is 34.5 Å². The van der Waals surface area contributed by atoms with Crippen molar-refractivity contribution in [1.82, 2.24) is 0 Å². The Balaban J connectivity index is 2.01. The molecule has 1 aromatic carbocycles. The molecule has 0 radical (unpaired) electrons. The van der Waals surface area contributed by atoms with Crippen LogP contribution in [0.3, 0.4) is 0 Å². The highest BCUT2D eigenvalue weighted by atomic mass is 16.3. The molecular formula is C15H18N2O. The first-order valence-electron chi connectivity index (χ1n) is 6.45. The summed E-state index contributed by atoms with van der Waals surface area (Å²) in [4.78, 5) is 0. The minimum atomic E-state index is -0.671. The van der Waals surface area contributed by atoms with E-state index in [4.69, 9.17) is 0 Å². The molecule has 0 amide bonds. The molecule has 1 heterocycles. The van der Waals surface area contributed by atoms with Gasteiger partial charge in [0.1, 0.15) is 0 Å². The third-order valence-corrected chi connectivity index (χ3v) is 4.00. The van der Waals surface area contributed by atoms with Crippen molar-refractivity contribution in [3.63, 3.8) is 0 Å². The van der Waals surface area contributed by atoms with Crippen molar-refractivity contribution in [3.05, 3.63) is 35.9 Å². The van der Waals surface area contributed by atoms with Gasteiger partial charge in [-0.05, 0) is 25.8 Å². The molecular weight excluding hydrogens is 224 g/mol. The summed E-state index contributed by atoms with van der Waals surface area (Å²) in [5.41, 5.74) is 2.72. The van der Waals surface area contributed by atoms with E-state index in [1.54, 1.807) is 0 Å². The summed E-state index contributed by atoms with van der Waals surface area (Å²) in [5, 5.41) is 18.9. The lowest BCUT2D eigenvalue weighted by Gasteiger charge is -2.38. The van der Waals surface area contributed by atoms with Gasteiger partial charge in [0, 0.05) is 24.0 Å². The molecule has 18 heavy (non-hydrogen) atoms. The van der Waals surface area contributed by atoms with E-state index in [0.29, 0.717) is 12.3 Å². The second-order valence-electron chi connectivity index (χ2n) is 5.71. The summed E-state index contributed by atoms with van der Waals surface area (Å²) in [6.07, 6.45) is 1.41. The highest BCUT2D eigenvalue weighted by Crippen LogP contribution is 2.43. The van der Waals surface area contributed by atoms with Crippen LogP contribution in [0, 0.1) is 5.92 Å². The Labute approximate surface area is 107 Å². The molecule has 0 aromatic heterocycles. The van der Waals surface area contributed by atoms with Crippen molar-refractivity contribution in [3.8, 4) is 0 Å². The minimum Gasteiger partial charge on any atom is -0.390 e. The lowest BCUT2D eigenvalue weighted by atomic mass is 9.67. The zero-order valence-electron chi connectivity index (χ0n) is 10.8. The van der Waals surface area contributed by atoms with Gasteiger partial charge in [-0.25, -0.2) is 0 Å². The predicted molar refractivity (Wildman–Crippen MR) is 73.1 cm³/mol. The fraction of sp³-hybridized carbons (Fsp3) is 0.467. The van der Waals surface area contributed by atoms with Crippen LogP contribution in [-0.2, 0) is 0 Å². The Bertz CT molecular complexity index is 517. The van der Waals surface area contributed by atoms with Crippen LogP contribution >= 0.6 is 0 Å². The second-order valence-corrected chi connectivity index (χ2v) is 5.71.